The minimum Gasteiger partial charge on any atom is -0.462 e. The van der Waals surface area contributed by atoms with E-state index in [0.717, 1.165) is 70.6 Å². The fraction of sp³-hybridized carbons (Fsp3) is 0.847. The predicted molar refractivity (Wildman–Crippen MR) is 279 cm³/mol. The molecule has 0 fully saturated rings. The lowest BCUT2D eigenvalue weighted by Crippen LogP contribution is -2.30. The quantitative estimate of drug-likeness (QED) is 0.0262. The van der Waals surface area contributed by atoms with E-state index >= 15 is 0 Å². The minimum atomic E-state index is -0.770. The first kappa shape index (κ1) is 62.6. The highest BCUT2D eigenvalue weighted by atomic mass is 16.6. The fourth-order valence-electron chi connectivity index (χ4n) is 8.29. The minimum absolute atomic E-state index is 0.0733. The number of hydrogen-bond donors (Lipinski definition) is 0. The van der Waals surface area contributed by atoms with Crippen LogP contribution in [0, 0.1) is 0 Å². The Morgan fingerprint density at radius 1 is 0.308 bits per heavy atom. The number of esters is 3. The van der Waals surface area contributed by atoms with Crippen molar-refractivity contribution >= 4 is 17.9 Å². The van der Waals surface area contributed by atoms with Crippen molar-refractivity contribution in [2.24, 2.45) is 0 Å². The molecule has 0 radical (unpaired) electrons. The van der Waals surface area contributed by atoms with Gasteiger partial charge in [-0.05, 0) is 77.0 Å². The van der Waals surface area contributed by atoms with Gasteiger partial charge in [0.25, 0.3) is 0 Å². The molecule has 0 aliphatic heterocycles. The second-order valence-corrected chi connectivity index (χ2v) is 19.2. The Morgan fingerprint density at radius 2 is 0.554 bits per heavy atom. The summed E-state index contributed by atoms with van der Waals surface area (Å²) >= 11 is 0. The van der Waals surface area contributed by atoms with Crippen LogP contribution in [0.1, 0.15) is 303 Å². The Bertz CT molecular complexity index is 1090. The maximum atomic E-state index is 12.8. The zero-order valence-electron chi connectivity index (χ0n) is 43.5. The number of unbranched alkanes of at least 4 members (excludes halogenated alkanes) is 35. The molecule has 0 spiro atoms. The Morgan fingerprint density at radius 3 is 0.862 bits per heavy atom. The van der Waals surface area contributed by atoms with E-state index in [2.05, 4.69) is 57.2 Å². The maximum Gasteiger partial charge on any atom is 0.306 e. The summed E-state index contributed by atoms with van der Waals surface area (Å²) in [5, 5.41) is 0. The van der Waals surface area contributed by atoms with Crippen LogP contribution in [0.15, 0.2) is 36.5 Å². The molecule has 1 unspecified atom stereocenters. The van der Waals surface area contributed by atoms with Crippen molar-refractivity contribution in [3.05, 3.63) is 36.5 Å². The summed E-state index contributed by atoms with van der Waals surface area (Å²) in [6.07, 6.45) is 64.6. The molecule has 0 amide bonds. The average molecular weight is 914 g/mol. The fourth-order valence-corrected chi connectivity index (χ4v) is 8.29. The van der Waals surface area contributed by atoms with E-state index in [9.17, 15) is 14.4 Å². The smallest absolute Gasteiger partial charge is 0.306 e. The topological polar surface area (TPSA) is 78.9 Å². The second-order valence-electron chi connectivity index (χ2n) is 19.2. The first-order chi connectivity index (χ1) is 32.0. The lowest BCUT2D eigenvalue weighted by Gasteiger charge is -2.18. The van der Waals surface area contributed by atoms with Crippen molar-refractivity contribution in [2.75, 3.05) is 13.2 Å². The standard InChI is InChI=1S/C59H108O6/c1-4-7-10-13-15-17-19-21-23-25-27-29-31-33-35-37-39-41-43-46-49-52-58(61)64-55-56(54-63-57(60)51-48-45-12-9-6-3)65-59(62)53-50-47-44-42-40-38-36-34-32-30-28-26-24-22-20-18-16-14-11-8-5-2/h19,21,25-28,56H,4-18,20,22-24,29-55H2,1-3H3/b21-19-,27-25-,28-26-. The van der Waals surface area contributed by atoms with Gasteiger partial charge >= 0.3 is 17.9 Å². The van der Waals surface area contributed by atoms with Crippen molar-refractivity contribution in [1.29, 1.82) is 0 Å². The Kier molecular flexibility index (Phi) is 52.3. The van der Waals surface area contributed by atoms with Gasteiger partial charge < -0.3 is 14.2 Å². The normalized spacial score (nSPS) is 12.2. The first-order valence-corrected chi connectivity index (χ1v) is 28.5. The SMILES string of the molecule is CCCCCCC/C=C\C/C=C\CCCCCCCCCCCC(=O)OCC(COC(=O)CCCCCCC)OC(=O)CCCCCCCCCCC/C=C\CCCCCCCCCC. The van der Waals surface area contributed by atoms with Crippen LogP contribution >= 0.6 is 0 Å². The Labute approximate surface area is 404 Å². The molecule has 6 nitrogen and oxygen atoms in total. The molecule has 65 heavy (non-hydrogen) atoms. The largest absolute Gasteiger partial charge is 0.462 e. The summed E-state index contributed by atoms with van der Waals surface area (Å²) in [5.74, 6) is -0.880. The molecule has 0 heterocycles. The average Bonchev–Trinajstić information content (AvgIpc) is 3.30. The zero-order valence-corrected chi connectivity index (χ0v) is 43.5. The molecule has 0 aromatic carbocycles. The summed E-state index contributed by atoms with van der Waals surface area (Å²) in [7, 11) is 0. The van der Waals surface area contributed by atoms with E-state index < -0.39 is 6.10 Å². The highest BCUT2D eigenvalue weighted by Gasteiger charge is 2.19. The molecular formula is C59H108O6. The van der Waals surface area contributed by atoms with Gasteiger partial charge in [-0.3, -0.25) is 14.4 Å². The van der Waals surface area contributed by atoms with Gasteiger partial charge in [0.1, 0.15) is 13.2 Å². The molecule has 1 atom stereocenters. The van der Waals surface area contributed by atoms with Crippen LogP contribution in [0.25, 0.3) is 0 Å². The summed E-state index contributed by atoms with van der Waals surface area (Å²) in [6.45, 7) is 6.57. The van der Waals surface area contributed by atoms with E-state index in [4.69, 9.17) is 14.2 Å². The van der Waals surface area contributed by atoms with Gasteiger partial charge in [-0.25, -0.2) is 0 Å². The van der Waals surface area contributed by atoms with Crippen LogP contribution in [0.4, 0.5) is 0 Å². The highest BCUT2D eigenvalue weighted by Crippen LogP contribution is 2.16. The van der Waals surface area contributed by atoms with Gasteiger partial charge in [0.05, 0.1) is 0 Å². The lowest BCUT2D eigenvalue weighted by atomic mass is 10.1. The third kappa shape index (κ3) is 52.5. The molecule has 0 saturated heterocycles. The van der Waals surface area contributed by atoms with Crippen LogP contribution in [0.3, 0.4) is 0 Å². The number of carbonyl (C=O) groups is 3. The molecule has 0 saturated carbocycles. The molecule has 0 aromatic rings. The van der Waals surface area contributed by atoms with Gasteiger partial charge in [0.15, 0.2) is 6.10 Å². The zero-order chi connectivity index (χ0) is 47.2. The molecule has 0 N–H and O–H groups in total. The summed E-state index contributed by atoms with van der Waals surface area (Å²) in [4.78, 5) is 37.8. The van der Waals surface area contributed by atoms with E-state index in [1.807, 2.05) is 0 Å². The third-order valence-electron chi connectivity index (χ3n) is 12.6. The maximum absolute atomic E-state index is 12.8. The van der Waals surface area contributed by atoms with Crippen molar-refractivity contribution in [3.63, 3.8) is 0 Å². The number of carbonyl (C=O) groups excluding carboxylic acids is 3. The van der Waals surface area contributed by atoms with E-state index in [-0.39, 0.29) is 31.1 Å². The van der Waals surface area contributed by atoms with Gasteiger partial charge in [0, 0.05) is 19.3 Å². The summed E-state index contributed by atoms with van der Waals surface area (Å²) in [5.41, 5.74) is 0. The van der Waals surface area contributed by atoms with Gasteiger partial charge in [-0.1, -0.05) is 243 Å². The van der Waals surface area contributed by atoms with E-state index in [1.165, 1.54) is 193 Å². The lowest BCUT2D eigenvalue weighted by molar-refractivity contribution is -0.167. The van der Waals surface area contributed by atoms with Crippen molar-refractivity contribution in [2.45, 2.75) is 309 Å². The second kappa shape index (κ2) is 54.2. The van der Waals surface area contributed by atoms with Crippen molar-refractivity contribution in [3.8, 4) is 0 Å². The Balaban J connectivity index is 4.09. The van der Waals surface area contributed by atoms with Crippen LogP contribution in [-0.2, 0) is 28.6 Å². The summed E-state index contributed by atoms with van der Waals surface area (Å²) in [6, 6.07) is 0. The predicted octanol–water partition coefficient (Wildman–Crippen LogP) is 18.9. The van der Waals surface area contributed by atoms with Gasteiger partial charge in [-0.15, -0.1) is 0 Å². The number of allylic oxidation sites excluding steroid dienone is 6. The first-order valence-electron chi connectivity index (χ1n) is 28.5. The van der Waals surface area contributed by atoms with Crippen molar-refractivity contribution < 1.29 is 28.6 Å². The third-order valence-corrected chi connectivity index (χ3v) is 12.6. The molecular weight excluding hydrogens is 805 g/mol. The molecule has 6 heteroatoms. The number of ether oxygens (including phenoxy) is 3. The molecule has 0 aliphatic carbocycles. The number of rotatable bonds is 52. The summed E-state index contributed by atoms with van der Waals surface area (Å²) < 4.78 is 16.7. The number of hydrogen-bond acceptors (Lipinski definition) is 6. The highest BCUT2D eigenvalue weighted by molar-refractivity contribution is 5.71. The molecule has 0 bridgehead atoms. The van der Waals surface area contributed by atoms with Gasteiger partial charge in [0.2, 0.25) is 0 Å². The monoisotopic (exact) mass is 913 g/mol. The van der Waals surface area contributed by atoms with Gasteiger partial charge in [-0.2, -0.15) is 0 Å². The van der Waals surface area contributed by atoms with Crippen LogP contribution in [-0.4, -0.2) is 37.2 Å². The van der Waals surface area contributed by atoms with Crippen LogP contribution in [0.5, 0.6) is 0 Å². The molecule has 0 aromatic heterocycles. The molecule has 0 aliphatic rings. The van der Waals surface area contributed by atoms with E-state index in [0.29, 0.717) is 19.3 Å². The molecule has 0 rings (SSSR count). The van der Waals surface area contributed by atoms with Crippen molar-refractivity contribution in [1.82, 2.24) is 0 Å². The van der Waals surface area contributed by atoms with E-state index in [1.54, 1.807) is 0 Å². The van der Waals surface area contributed by atoms with Crippen LogP contribution in [0.2, 0.25) is 0 Å². The van der Waals surface area contributed by atoms with Crippen LogP contribution < -0.4 is 0 Å². The molecule has 380 valence electrons. The Hall–Kier alpha value is -2.37.